The van der Waals surface area contributed by atoms with Crippen molar-refractivity contribution in [1.82, 2.24) is 9.80 Å². The molecule has 0 radical (unpaired) electrons. The molecule has 4 aromatic carbocycles. The lowest BCUT2D eigenvalue weighted by Gasteiger charge is -2.32. The van der Waals surface area contributed by atoms with E-state index in [1.54, 1.807) is 44.4 Å². The van der Waals surface area contributed by atoms with Crippen molar-refractivity contribution < 1.29 is 33.8 Å². The molecule has 2 N–H and O–H groups in total. The molecule has 5 rings (SSSR count). The van der Waals surface area contributed by atoms with Gasteiger partial charge in [0, 0.05) is 37.8 Å². The third-order valence-corrected chi connectivity index (χ3v) is 9.07. The van der Waals surface area contributed by atoms with Gasteiger partial charge in [0.2, 0.25) is 5.54 Å². The van der Waals surface area contributed by atoms with E-state index in [1.165, 1.54) is 35.7 Å². The van der Waals surface area contributed by atoms with Crippen molar-refractivity contribution in [3.8, 4) is 11.1 Å². The number of fused-ring (bicyclic) bond motifs is 1. The summed E-state index contributed by atoms with van der Waals surface area (Å²) in [5, 5.41) is 13.1. The molecule has 1 aliphatic rings. The quantitative estimate of drug-likeness (QED) is 0.206. The Balaban J connectivity index is 1.38. The van der Waals surface area contributed by atoms with Gasteiger partial charge < -0.3 is 25.0 Å². The third-order valence-electron chi connectivity index (χ3n) is 9.07. The van der Waals surface area contributed by atoms with Gasteiger partial charge in [0.25, 0.3) is 17.7 Å². The zero-order valence-corrected chi connectivity index (χ0v) is 29.3. The molecule has 0 spiro atoms. The van der Waals surface area contributed by atoms with Crippen molar-refractivity contribution in [1.29, 1.82) is 0 Å². The SMILES string of the molecule is Cc1ccc(C(=O)Nc2ccc(CC(=O)OC[C@@]3(C(=O)O)c4ccccc4C(=O)N3C)cc2C(=O)N(C)C)c(-c2ccc(C(C)(C)C)cc2)c1. The molecule has 0 fully saturated rings. The van der Waals surface area contributed by atoms with Crippen molar-refractivity contribution in [2.45, 2.75) is 45.1 Å². The number of likely N-dealkylation sites (N-methyl/N-ethyl adjacent to an activating group) is 1. The van der Waals surface area contributed by atoms with Crippen molar-refractivity contribution in [2.24, 2.45) is 0 Å². The van der Waals surface area contributed by atoms with E-state index >= 15 is 0 Å². The summed E-state index contributed by atoms with van der Waals surface area (Å²) in [5.74, 6) is -3.37. The molecule has 0 aliphatic carbocycles. The molecule has 10 heteroatoms. The topological polar surface area (TPSA) is 133 Å². The van der Waals surface area contributed by atoms with Crippen LogP contribution in [0.2, 0.25) is 0 Å². The molecule has 258 valence electrons. The molecule has 10 nitrogen and oxygen atoms in total. The fraction of sp³-hybridized carbons (Fsp3) is 0.275. The zero-order chi connectivity index (χ0) is 36.5. The molecule has 0 saturated heterocycles. The molecule has 0 unspecified atom stereocenters. The Kier molecular flexibility index (Phi) is 9.68. The van der Waals surface area contributed by atoms with Gasteiger partial charge >= 0.3 is 11.9 Å². The second kappa shape index (κ2) is 13.6. The van der Waals surface area contributed by atoms with Crippen LogP contribution in [-0.2, 0) is 31.7 Å². The fourth-order valence-corrected chi connectivity index (χ4v) is 6.13. The van der Waals surface area contributed by atoms with Gasteiger partial charge in [-0.15, -0.1) is 0 Å². The number of benzene rings is 4. The maximum Gasteiger partial charge on any atom is 0.338 e. The number of aryl methyl sites for hydroxylation is 1. The molecule has 3 amide bonds. The maximum atomic E-state index is 13.8. The van der Waals surface area contributed by atoms with Gasteiger partial charge in [-0.05, 0) is 58.9 Å². The number of esters is 1. The average molecular weight is 676 g/mol. The minimum absolute atomic E-state index is 0.0242. The van der Waals surface area contributed by atoms with Crippen LogP contribution in [0.25, 0.3) is 11.1 Å². The number of carbonyl (C=O) groups is 5. The summed E-state index contributed by atoms with van der Waals surface area (Å²) in [5.41, 5.74) is 3.61. The highest BCUT2D eigenvalue weighted by atomic mass is 16.5. The maximum absolute atomic E-state index is 13.8. The van der Waals surface area contributed by atoms with Gasteiger partial charge in [-0.25, -0.2) is 4.79 Å². The van der Waals surface area contributed by atoms with Crippen LogP contribution in [0, 0.1) is 6.92 Å². The number of aliphatic carboxylic acids is 1. The van der Waals surface area contributed by atoms with Crippen LogP contribution in [0.15, 0.2) is 84.9 Å². The Hall–Kier alpha value is -5.77. The molecule has 1 atom stereocenters. The zero-order valence-electron chi connectivity index (χ0n) is 29.3. The van der Waals surface area contributed by atoms with Crippen molar-refractivity contribution in [2.75, 3.05) is 33.1 Å². The molecule has 0 aromatic heterocycles. The number of carboxylic acids is 1. The van der Waals surface area contributed by atoms with E-state index in [0.29, 0.717) is 11.1 Å². The number of amides is 3. The number of hydrogen-bond acceptors (Lipinski definition) is 6. The first-order valence-electron chi connectivity index (χ1n) is 16.2. The Bertz CT molecular complexity index is 2010. The number of carboxylic acid groups (broad SMARTS) is 1. The van der Waals surface area contributed by atoms with Crippen LogP contribution in [-0.4, -0.2) is 72.3 Å². The molecule has 0 saturated carbocycles. The lowest BCUT2D eigenvalue weighted by atomic mass is 9.86. The molecular weight excluding hydrogens is 634 g/mol. The van der Waals surface area contributed by atoms with Gasteiger partial charge in [0.1, 0.15) is 6.61 Å². The van der Waals surface area contributed by atoms with E-state index < -0.39 is 41.8 Å². The Morgan fingerprint density at radius 3 is 2.20 bits per heavy atom. The lowest BCUT2D eigenvalue weighted by Crippen LogP contribution is -2.51. The monoisotopic (exact) mass is 675 g/mol. The molecule has 50 heavy (non-hydrogen) atoms. The highest BCUT2D eigenvalue weighted by Gasteiger charge is 2.54. The second-order valence-electron chi connectivity index (χ2n) is 13.8. The number of ether oxygens (including phenoxy) is 1. The third kappa shape index (κ3) is 6.74. The van der Waals surface area contributed by atoms with E-state index in [-0.39, 0.29) is 34.2 Å². The van der Waals surface area contributed by atoms with Crippen LogP contribution in [0.3, 0.4) is 0 Å². The number of nitrogens with one attached hydrogen (secondary N) is 1. The minimum Gasteiger partial charge on any atom is -0.479 e. The fourth-order valence-electron chi connectivity index (χ4n) is 6.13. The average Bonchev–Trinajstić information content (AvgIpc) is 3.29. The van der Waals surface area contributed by atoms with Crippen molar-refractivity contribution in [3.63, 3.8) is 0 Å². The molecule has 1 heterocycles. The van der Waals surface area contributed by atoms with Crippen molar-refractivity contribution in [3.05, 3.63) is 124 Å². The van der Waals surface area contributed by atoms with Gasteiger partial charge in [-0.2, -0.15) is 0 Å². The van der Waals surface area contributed by atoms with Crippen LogP contribution < -0.4 is 5.32 Å². The number of anilines is 1. The van der Waals surface area contributed by atoms with Gasteiger partial charge in [0.15, 0.2) is 0 Å². The summed E-state index contributed by atoms with van der Waals surface area (Å²) in [6.07, 6.45) is -0.288. The Morgan fingerprint density at radius 1 is 0.880 bits per heavy atom. The summed E-state index contributed by atoms with van der Waals surface area (Å²) in [4.78, 5) is 68.0. The summed E-state index contributed by atoms with van der Waals surface area (Å²) in [6.45, 7) is 7.77. The molecule has 1 aliphatic heterocycles. The second-order valence-corrected chi connectivity index (χ2v) is 13.8. The van der Waals surface area contributed by atoms with Gasteiger partial charge in [-0.1, -0.05) is 87.0 Å². The molecule has 4 aromatic rings. The van der Waals surface area contributed by atoms with E-state index in [4.69, 9.17) is 4.74 Å². The van der Waals surface area contributed by atoms with Crippen LogP contribution in [0.4, 0.5) is 5.69 Å². The van der Waals surface area contributed by atoms with E-state index in [1.807, 2.05) is 31.2 Å². The number of hydrogen-bond donors (Lipinski definition) is 2. The van der Waals surface area contributed by atoms with Crippen LogP contribution in [0.5, 0.6) is 0 Å². The minimum atomic E-state index is -1.88. The summed E-state index contributed by atoms with van der Waals surface area (Å²) < 4.78 is 5.48. The smallest absolute Gasteiger partial charge is 0.338 e. The summed E-state index contributed by atoms with van der Waals surface area (Å²) in [6, 6.07) is 24.7. The predicted octanol–water partition coefficient (Wildman–Crippen LogP) is 6.07. The standard InChI is InChI=1S/C40H41N3O7/c1-24-12-18-28(30(20-24)26-14-16-27(17-15-26)39(2,3)4)35(45)41-33-19-13-25(21-31(33)36(46)42(5)6)22-34(44)50-23-40(38(48)49)32-11-9-8-10-29(32)37(47)43(40)7/h8-21H,22-23H2,1-7H3,(H,41,45)(H,48,49)/t40-/m0/s1. The van der Waals surface area contributed by atoms with Crippen LogP contribution >= 0.6 is 0 Å². The largest absolute Gasteiger partial charge is 0.479 e. The van der Waals surface area contributed by atoms with E-state index in [0.717, 1.165) is 21.6 Å². The van der Waals surface area contributed by atoms with Crippen LogP contribution in [0.1, 0.15) is 74.1 Å². The molecular formula is C40H41N3O7. The first kappa shape index (κ1) is 35.5. The highest BCUT2D eigenvalue weighted by Crippen LogP contribution is 2.39. The Labute approximate surface area is 291 Å². The summed E-state index contributed by atoms with van der Waals surface area (Å²) >= 11 is 0. The summed E-state index contributed by atoms with van der Waals surface area (Å²) in [7, 11) is 4.52. The predicted molar refractivity (Wildman–Crippen MR) is 190 cm³/mol. The van der Waals surface area contributed by atoms with Crippen molar-refractivity contribution >= 4 is 35.3 Å². The number of nitrogens with zero attached hydrogens (tertiary/aromatic N) is 2. The number of carbonyl (C=O) groups excluding carboxylic acids is 4. The van der Waals surface area contributed by atoms with Gasteiger partial charge in [0.05, 0.1) is 17.7 Å². The first-order chi connectivity index (χ1) is 23.5. The van der Waals surface area contributed by atoms with Gasteiger partial charge in [-0.3, -0.25) is 19.2 Å². The van der Waals surface area contributed by atoms with E-state index in [2.05, 4.69) is 38.2 Å². The normalized spacial score (nSPS) is 15.3. The Morgan fingerprint density at radius 2 is 1.56 bits per heavy atom. The first-order valence-corrected chi connectivity index (χ1v) is 16.2. The number of rotatable bonds is 9. The molecule has 0 bridgehead atoms. The highest BCUT2D eigenvalue weighted by molar-refractivity contribution is 6.12. The van der Waals surface area contributed by atoms with E-state index in [9.17, 15) is 29.1 Å². The lowest BCUT2D eigenvalue weighted by molar-refractivity contribution is -0.159.